The molecule has 0 aliphatic heterocycles. The number of halogens is 3. The second-order valence-electron chi connectivity index (χ2n) is 4.11. The Morgan fingerprint density at radius 2 is 1.58 bits per heavy atom. The van der Waals surface area contributed by atoms with Crippen LogP contribution in [0.15, 0.2) is 30.3 Å². The number of benzene rings is 2. The van der Waals surface area contributed by atoms with Crippen molar-refractivity contribution in [3.63, 3.8) is 0 Å². The molecule has 0 heterocycles. The molecule has 0 spiro atoms. The van der Waals surface area contributed by atoms with Crippen LogP contribution in [0.4, 0.5) is 13.2 Å². The summed E-state index contributed by atoms with van der Waals surface area (Å²) in [6.45, 7) is 1.55. The third-order valence-electron chi connectivity index (χ3n) is 2.72. The van der Waals surface area contributed by atoms with Crippen LogP contribution in [0.25, 0.3) is 11.1 Å². The van der Waals surface area contributed by atoms with Crippen molar-refractivity contribution in [1.82, 2.24) is 0 Å². The highest BCUT2D eigenvalue weighted by Gasteiger charge is 2.15. The van der Waals surface area contributed by atoms with E-state index in [0.29, 0.717) is 11.6 Å². The largest absolute Gasteiger partial charge is 0.478 e. The van der Waals surface area contributed by atoms with E-state index in [1.54, 1.807) is 6.92 Å². The smallest absolute Gasteiger partial charge is 0.338 e. The summed E-state index contributed by atoms with van der Waals surface area (Å²) >= 11 is 0. The van der Waals surface area contributed by atoms with Gasteiger partial charge in [0.25, 0.3) is 0 Å². The second-order valence-corrected chi connectivity index (χ2v) is 4.11. The second kappa shape index (κ2) is 4.76. The van der Waals surface area contributed by atoms with Crippen LogP contribution in [-0.2, 0) is 0 Å². The van der Waals surface area contributed by atoms with Crippen LogP contribution in [0, 0.1) is 24.4 Å². The van der Waals surface area contributed by atoms with E-state index in [1.165, 1.54) is 0 Å². The molecule has 0 aromatic heterocycles. The number of carboxylic acids is 1. The van der Waals surface area contributed by atoms with Crippen molar-refractivity contribution in [2.75, 3.05) is 0 Å². The Balaban J connectivity index is 2.63. The zero-order valence-electron chi connectivity index (χ0n) is 9.88. The standard InChI is InChI=1S/C14H9F3O2/c1-7-2-12(14(18)19)13(17)6-11(7)8-3-9(15)5-10(16)4-8/h2-6H,1H3,(H,18,19). The molecule has 1 N–H and O–H groups in total. The van der Waals surface area contributed by atoms with E-state index in [0.717, 1.165) is 24.3 Å². The van der Waals surface area contributed by atoms with Gasteiger partial charge in [0.1, 0.15) is 17.5 Å². The molecule has 0 saturated heterocycles. The molecule has 2 rings (SSSR count). The average Bonchev–Trinajstić information content (AvgIpc) is 2.30. The fourth-order valence-corrected chi connectivity index (χ4v) is 1.87. The minimum absolute atomic E-state index is 0.158. The summed E-state index contributed by atoms with van der Waals surface area (Å²) in [7, 11) is 0. The summed E-state index contributed by atoms with van der Waals surface area (Å²) in [6.07, 6.45) is 0. The monoisotopic (exact) mass is 266 g/mol. The SMILES string of the molecule is Cc1cc(C(=O)O)c(F)cc1-c1cc(F)cc(F)c1. The minimum Gasteiger partial charge on any atom is -0.478 e. The van der Waals surface area contributed by atoms with Gasteiger partial charge in [-0.25, -0.2) is 18.0 Å². The van der Waals surface area contributed by atoms with Crippen LogP contribution in [-0.4, -0.2) is 11.1 Å². The van der Waals surface area contributed by atoms with Crippen molar-refractivity contribution in [1.29, 1.82) is 0 Å². The quantitative estimate of drug-likeness (QED) is 0.898. The molecular formula is C14H9F3O2. The van der Waals surface area contributed by atoms with Gasteiger partial charge < -0.3 is 5.11 Å². The number of hydrogen-bond donors (Lipinski definition) is 1. The lowest BCUT2D eigenvalue weighted by Crippen LogP contribution is -2.02. The van der Waals surface area contributed by atoms with Crippen molar-refractivity contribution in [3.8, 4) is 11.1 Å². The molecule has 2 nitrogen and oxygen atoms in total. The molecule has 0 aliphatic rings. The Labute approximate surface area is 107 Å². The Hall–Kier alpha value is -2.30. The van der Waals surface area contributed by atoms with Crippen LogP contribution in [0.3, 0.4) is 0 Å². The first-order chi connectivity index (χ1) is 8.88. The van der Waals surface area contributed by atoms with Gasteiger partial charge in [0.05, 0.1) is 5.56 Å². The molecule has 0 aliphatic carbocycles. The summed E-state index contributed by atoms with van der Waals surface area (Å²) < 4.78 is 39.9. The number of aryl methyl sites for hydroxylation is 1. The summed E-state index contributed by atoms with van der Waals surface area (Å²) in [5.74, 6) is -3.90. The fourth-order valence-electron chi connectivity index (χ4n) is 1.87. The molecule has 98 valence electrons. The predicted molar refractivity (Wildman–Crippen MR) is 63.4 cm³/mol. The third-order valence-corrected chi connectivity index (χ3v) is 2.72. The average molecular weight is 266 g/mol. The van der Waals surface area contributed by atoms with Crippen molar-refractivity contribution >= 4 is 5.97 Å². The number of rotatable bonds is 2. The van der Waals surface area contributed by atoms with E-state index >= 15 is 0 Å². The van der Waals surface area contributed by atoms with Crippen LogP contribution in [0.5, 0.6) is 0 Å². The molecule has 0 unspecified atom stereocenters. The Morgan fingerprint density at radius 3 is 2.11 bits per heavy atom. The van der Waals surface area contributed by atoms with Gasteiger partial charge in [0.2, 0.25) is 0 Å². The first-order valence-corrected chi connectivity index (χ1v) is 5.38. The van der Waals surface area contributed by atoms with Gasteiger partial charge in [-0.15, -0.1) is 0 Å². The van der Waals surface area contributed by atoms with Crippen LogP contribution < -0.4 is 0 Å². The molecule has 0 fully saturated rings. The summed E-state index contributed by atoms with van der Waals surface area (Å²) in [4.78, 5) is 10.8. The highest BCUT2D eigenvalue weighted by Crippen LogP contribution is 2.27. The normalized spacial score (nSPS) is 10.5. The fraction of sp³-hybridized carbons (Fsp3) is 0.0714. The number of aromatic carboxylic acids is 1. The molecule has 19 heavy (non-hydrogen) atoms. The van der Waals surface area contributed by atoms with E-state index in [-0.39, 0.29) is 11.1 Å². The van der Waals surface area contributed by atoms with E-state index in [4.69, 9.17) is 5.11 Å². The maximum Gasteiger partial charge on any atom is 0.338 e. The molecule has 0 amide bonds. The van der Waals surface area contributed by atoms with E-state index in [2.05, 4.69) is 0 Å². The number of carboxylic acid groups (broad SMARTS) is 1. The zero-order valence-corrected chi connectivity index (χ0v) is 9.88. The maximum absolute atomic E-state index is 13.6. The third kappa shape index (κ3) is 2.59. The molecule has 0 saturated carbocycles. The van der Waals surface area contributed by atoms with E-state index in [1.807, 2.05) is 0 Å². The van der Waals surface area contributed by atoms with Gasteiger partial charge in [-0.2, -0.15) is 0 Å². The zero-order chi connectivity index (χ0) is 14.2. The highest BCUT2D eigenvalue weighted by atomic mass is 19.1. The summed E-state index contributed by atoms with van der Waals surface area (Å²) in [5, 5.41) is 8.78. The molecule has 2 aromatic carbocycles. The first-order valence-electron chi connectivity index (χ1n) is 5.38. The van der Waals surface area contributed by atoms with E-state index in [9.17, 15) is 18.0 Å². The molecule has 2 aromatic rings. The van der Waals surface area contributed by atoms with Gasteiger partial charge in [-0.05, 0) is 47.9 Å². The van der Waals surface area contributed by atoms with Crippen molar-refractivity contribution in [3.05, 3.63) is 58.9 Å². The highest BCUT2D eigenvalue weighted by molar-refractivity contribution is 5.89. The molecule has 0 atom stereocenters. The summed E-state index contributed by atoms with van der Waals surface area (Å²) in [6, 6.07) is 4.93. The minimum atomic E-state index is -1.39. The lowest BCUT2D eigenvalue weighted by atomic mass is 9.98. The van der Waals surface area contributed by atoms with Gasteiger partial charge >= 0.3 is 5.97 Å². The Bertz CT molecular complexity index is 646. The number of hydrogen-bond acceptors (Lipinski definition) is 1. The summed E-state index contributed by atoms with van der Waals surface area (Å²) in [5.41, 5.74) is 0.355. The number of carbonyl (C=O) groups is 1. The topological polar surface area (TPSA) is 37.3 Å². The van der Waals surface area contributed by atoms with E-state index < -0.39 is 29.0 Å². The Morgan fingerprint density at radius 1 is 1.00 bits per heavy atom. The Kier molecular flexibility index (Phi) is 3.29. The van der Waals surface area contributed by atoms with Crippen LogP contribution in [0.2, 0.25) is 0 Å². The van der Waals surface area contributed by atoms with Crippen LogP contribution >= 0.6 is 0 Å². The maximum atomic E-state index is 13.6. The lowest BCUT2D eigenvalue weighted by molar-refractivity contribution is 0.0692. The molecule has 0 radical (unpaired) electrons. The van der Waals surface area contributed by atoms with Gasteiger partial charge in [0.15, 0.2) is 0 Å². The molecule has 5 heteroatoms. The molecular weight excluding hydrogens is 257 g/mol. The van der Waals surface area contributed by atoms with Gasteiger partial charge in [0, 0.05) is 6.07 Å². The lowest BCUT2D eigenvalue weighted by Gasteiger charge is -2.09. The van der Waals surface area contributed by atoms with Gasteiger partial charge in [-0.1, -0.05) is 0 Å². The first kappa shape index (κ1) is 13.1. The predicted octanol–water partition coefficient (Wildman–Crippen LogP) is 3.78. The van der Waals surface area contributed by atoms with Crippen molar-refractivity contribution < 1.29 is 23.1 Å². The molecule has 0 bridgehead atoms. The van der Waals surface area contributed by atoms with Crippen molar-refractivity contribution in [2.24, 2.45) is 0 Å². The van der Waals surface area contributed by atoms with Crippen LogP contribution in [0.1, 0.15) is 15.9 Å². The van der Waals surface area contributed by atoms with Crippen molar-refractivity contribution in [2.45, 2.75) is 6.92 Å². The van der Waals surface area contributed by atoms with Gasteiger partial charge in [-0.3, -0.25) is 0 Å².